The minimum atomic E-state index is 0.0578. The number of halogens is 1. The summed E-state index contributed by atoms with van der Waals surface area (Å²) >= 11 is 3.49. The first-order valence-electron chi connectivity index (χ1n) is 7.88. The Morgan fingerprint density at radius 3 is 2.62 bits per heavy atom. The molecule has 110 valence electrons. The second-order valence-corrected chi connectivity index (χ2v) is 7.58. The number of fused-ring (bicyclic) bond motifs is 5. The molecule has 2 bridgehead atoms. The predicted molar refractivity (Wildman–Crippen MR) is 85.9 cm³/mol. The smallest absolute Gasteiger partial charge is 0.170 e. The molecule has 0 unspecified atom stereocenters. The van der Waals surface area contributed by atoms with Crippen molar-refractivity contribution in [1.29, 1.82) is 0 Å². The van der Waals surface area contributed by atoms with E-state index < -0.39 is 0 Å². The lowest BCUT2D eigenvalue weighted by molar-refractivity contribution is -0.118. The molecule has 3 aliphatic rings. The van der Waals surface area contributed by atoms with Gasteiger partial charge in [0.2, 0.25) is 0 Å². The molecule has 21 heavy (non-hydrogen) atoms. The van der Waals surface area contributed by atoms with Gasteiger partial charge in [-0.05, 0) is 60.8 Å². The fraction of sp³-hybridized carbons (Fsp3) is 0.500. The van der Waals surface area contributed by atoms with Crippen LogP contribution >= 0.6 is 15.9 Å². The van der Waals surface area contributed by atoms with Crippen molar-refractivity contribution in [3.8, 4) is 0 Å². The number of ketones is 1. The molecule has 0 heterocycles. The molecule has 4 rings (SSSR count). The second-order valence-electron chi connectivity index (χ2n) is 6.66. The van der Waals surface area contributed by atoms with Crippen LogP contribution in [0.3, 0.4) is 0 Å². The Morgan fingerprint density at radius 1 is 1.24 bits per heavy atom. The maximum Gasteiger partial charge on any atom is 0.170 e. The van der Waals surface area contributed by atoms with E-state index in [4.69, 9.17) is 0 Å². The summed E-state index contributed by atoms with van der Waals surface area (Å²) in [4.78, 5) is 12.9. The van der Waals surface area contributed by atoms with Crippen molar-refractivity contribution in [3.05, 3.63) is 39.6 Å². The Hall–Kier alpha value is -1.09. The van der Waals surface area contributed by atoms with E-state index in [0.717, 1.165) is 34.9 Å². The SMILES string of the molecule is CCc1ccc(Br)cc1C1=C(O)[C@@H]2[C@@H]3CC[C@@H](C3)[C@@H]2C1=O. The molecular formula is C18H19BrO2. The molecule has 3 aliphatic carbocycles. The van der Waals surface area contributed by atoms with E-state index in [-0.39, 0.29) is 17.6 Å². The monoisotopic (exact) mass is 346 g/mol. The Morgan fingerprint density at radius 2 is 1.95 bits per heavy atom. The summed E-state index contributed by atoms with van der Waals surface area (Å²) < 4.78 is 0.961. The molecule has 3 heteroatoms. The second kappa shape index (κ2) is 4.70. The van der Waals surface area contributed by atoms with Gasteiger partial charge in [0.25, 0.3) is 0 Å². The van der Waals surface area contributed by atoms with Crippen LogP contribution in [0.1, 0.15) is 37.3 Å². The van der Waals surface area contributed by atoms with Gasteiger partial charge in [-0.15, -0.1) is 0 Å². The fourth-order valence-corrected chi connectivity index (χ4v) is 5.24. The lowest BCUT2D eigenvalue weighted by atomic mass is 9.80. The number of benzene rings is 1. The molecule has 0 saturated heterocycles. The van der Waals surface area contributed by atoms with E-state index in [1.54, 1.807) is 0 Å². The van der Waals surface area contributed by atoms with Crippen molar-refractivity contribution in [2.45, 2.75) is 32.6 Å². The van der Waals surface area contributed by atoms with E-state index in [1.807, 2.05) is 12.1 Å². The van der Waals surface area contributed by atoms with Crippen LogP contribution in [-0.2, 0) is 11.2 Å². The van der Waals surface area contributed by atoms with Crippen molar-refractivity contribution in [1.82, 2.24) is 0 Å². The zero-order valence-electron chi connectivity index (χ0n) is 12.1. The third-order valence-electron chi connectivity index (χ3n) is 5.76. The molecule has 2 saturated carbocycles. The highest BCUT2D eigenvalue weighted by Gasteiger charge is 2.57. The average molecular weight is 347 g/mol. The van der Waals surface area contributed by atoms with Crippen LogP contribution in [0.2, 0.25) is 0 Å². The lowest BCUT2D eigenvalue weighted by Gasteiger charge is -2.23. The number of rotatable bonds is 2. The van der Waals surface area contributed by atoms with Crippen molar-refractivity contribution >= 4 is 27.3 Å². The van der Waals surface area contributed by atoms with Gasteiger partial charge in [0.15, 0.2) is 5.78 Å². The summed E-state index contributed by atoms with van der Waals surface area (Å²) in [5.74, 6) is 1.77. The highest BCUT2D eigenvalue weighted by Crippen LogP contribution is 2.60. The maximum absolute atomic E-state index is 12.9. The Bertz CT molecular complexity index is 661. The number of carbonyl (C=O) groups is 1. The van der Waals surface area contributed by atoms with Gasteiger partial charge in [0, 0.05) is 16.3 Å². The van der Waals surface area contributed by atoms with Crippen molar-refractivity contribution in [2.24, 2.45) is 23.7 Å². The van der Waals surface area contributed by atoms with Crippen LogP contribution in [0.5, 0.6) is 0 Å². The summed E-state index contributed by atoms with van der Waals surface area (Å²) in [6, 6.07) is 6.05. The molecule has 1 aromatic rings. The molecule has 0 spiro atoms. The minimum absolute atomic E-state index is 0.0578. The Labute approximate surface area is 133 Å². The fourth-order valence-electron chi connectivity index (χ4n) is 4.88. The summed E-state index contributed by atoms with van der Waals surface area (Å²) in [6.07, 6.45) is 4.35. The topological polar surface area (TPSA) is 37.3 Å². The quantitative estimate of drug-likeness (QED) is 0.854. The first-order valence-corrected chi connectivity index (χ1v) is 8.67. The van der Waals surface area contributed by atoms with Crippen molar-refractivity contribution < 1.29 is 9.90 Å². The van der Waals surface area contributed by atoms with Crippen LogP contribution in [0, 0.1) is 23.7 Å². The van der Waals surface area contributed by atoms with Crippen LogP contribution in [-0.4, -0.2) is 10.9 Å². The van der Waals surface area contributed by atoms with Gasteiger partial charge in [-0.1, -0.05) is 28.9 Å². The van der Waals surface area contributed by atoms with E-state index in [2.05, 4.69) is 28.9 Å². The number of hydrogen-bond acceptors (Lipinski definition) is 2. The zero-order chi connectivity index (χ0) is 14.7. The van der Waals surface area contributed by atoms with Gasteiger partial charge in [-0.2, -0.15) is 0 Å². The molecule has 2 nitrogen and oxygen atoms in total. The van der Waals surface area contributed by atoms with Crippen molar-refractivity contribution in [3.63, 3.8) is 0 Å². The normalized spacial score (nSPS) is 33.9. The molecule has 0 amide bonds. The third-order valence-corrected chi connectivity index (χ3v) is 6.25. The Balaban J connectivity index is 1.85. The molecular weight excluding hydrogens is 328 g/mol. The summed E-state index contributed by atoms with van der Waals surface area (Å²) in [5, 5.41) is 10.8. The first kappa shape index (κ1) is 13.6. The standard InChI is InChI=1S/C18H19BrO2/c1-2-9-5-6-12(19)8-13(9)16-17(20)14-10-3-4-11(7-10)15(14)18(16)21/h5-6,8,10-11,14-15,20H,2-4,7H2,1H3/t10-,11+,14-,15+/m1/s1. The van der Waals surface area contributed by atoms with Gasteiger partial charge in [0.05, 0.1) is 5.57 Å². The van der Waals surface area contributed by atoms with Crippen molar-refractivity contribution in [2.75, 3.05) is 0 Å². The largest absolute Gasteiger partial charge is 0.511 e. The molecule has 0 aromatic heterocycles. The molecule has 0 aliphatic heterocycles. The van der Waals surface area contributed by atoms with E-state index in [1.165, 1.54) is 6.42 Å². The van der Waals surface area contributed by atoms with Gasteiger partial charge in [0.1, 0.15) is 5.76 Å². The van der Waals surface area contributed by atoms with Gasteiger partial charge in [-0.3, -0.25) is 4.79 Å². The number of allylic oxidation sites excluding steroid dienone is 2. The molecule has 4 atom stereocenters. The van der Waals surface area contributed by atoms with E-state index >= 15 is 0 Å². The molecule has 1 aromatic carbocycles. The average Bonchev–Trinajstić information content (AvgIpc) is 3.13. The zero-order valence-corrected chi connectivity index (χ0v) is 13.7. The highest BCUT2D eigenvalue weighted by atomic mass is 79.9. The van der Waals surface area contributed by atoms with Crippen LogP contribution < -0.4 is 0 Å². The van der Waals surface area contributed by atoms with Gasteiger partial charge < -0.3 is 5.11 Å². The number of hydrogen-bond donors (Lipinski definition) is 1. The molecule has 0 radical (unpaired) electrons. The first-order chi connectivity index (χ1) is 10.1. The molecule has 1 N–H and O–H groups in total. The van der Waals surface area contributed by atoms with Crippen LogP contribution in [0.25, 0.3) is 5.57 Å². The predicted octanol–water partition coefficient (Wildman–Crippen LogP) is 4.53. The number of Topliss-reactive ketones (excluding diaryl/α,β-unsaturated/α-hetero) is 1. The number of aliphatic hydroxyl groups is 1. The van der Waals surface area contributed by atoms with Crippen LogP contribution in [0.15, 0.2) is 28.4 Å². The number of aryl methyl sites for hydroxylation is 1. The maximum atomic E-state index is 12.9. The lowest BCUT2D eigenvalue weighted by Crippen LogP contribution is -2.24. The van der Waals surface area contributed by atoms with Crippen LogP contribution in [0.4, 0.5) is 0 Å². The number of aliphatic hydroxyl groups excluding tert-OH is 1. The highest BCUT2D eigenvalue weighted by molar-refractivity contribution is 9.10. The van der Waals surface area contributed by atoms with E-state index in [0.29, 0.717) is 23.2 Å². The number of carbonyl (C=O) groups excluding carboxylic acids is 1. The summed E-state index contributed by atoms with van der Waals surface area (Å²) in [6.45, 7) is 2.09. The van der Waals surface area contributed by atoms with Gasteiger partial charge >= 0.3 is 0 Å². The minimum Gasteiger partial charge on any atom is -0.511 e. The summed E-state index contributed by atoms with van der Waals surface area (Å²) in [5.41, 5.74) is 2.68. The van der Waals surface area contributed by atoms with E-state index in [9.17, 15) is 9.90 Å². The Kier molecular flexibility index (Phi) is 3.04. The third kappa shape index (κ3) is 1.79. The molecule has 2 fully saturated rings. The van der Waals surface area contributed by atoms with Gasteiger partial charge in [-0.25, -0.2) is 0 Å². The summed E-state index contributed by atoms with van der Waals surface area (Å²) in [7, 11) is 0.